The number of hydrogen-bond acceptors (Lipinski definition) is 2. The van der Waals surface area contributed by atoms with Crippen molar-refractivity contribution in [2.45, 2.75) is 6.92 Å². The minimum Gasteiger partial charge on any atom is -0.463 e. The molecule has 0 spiro atoms. The fraction of sp³-hybridized carbons (Fsp3) is 0.154. The number of para-hydroxylation sites is 1. The van der Waals surface area contributed by atoms with Crippen molar-refractivity contribution < 1.29 is 9.21 Å². The second-order valence-electron chi connectivity index (χ2n) is 3.36. The van der Waals surface area contributed by atoms with Crippen LogP contribution in [0.15, 0.2) is 34.9 Å². The molecule has 1 aromatic heterocycles. The van der Waals surface area contributed by atoms with Gasteiger partial charge in [-0.1, -0.05) is 24.0 Å². The minimum atomic E-state index is -0.0775. The van der Waals surface area contributed by atoms with Gasteiger partial charge in [-0.3, -0.25) is 4.79 Å². The van der Waals surface area contributed by atoms with E-state index in [0.717, 1.165) is 16.5 Å². The summed E-state index contributed by atoms with van der Waals surface area (Å²) in [5, 5.41) is 3.61. The zero-order valence-corrected chi connectivity index (χ0v) is 8.91. The summed E-state index contributed by atoms with van der Waals surface area (Å²) in [6, 6.07) is 7.72. The van der Waals surface area contributed by atoms with Crippen molar-refractivity contribution in [1.29, 1.82) is 0 Å². The van der Waals surface area contributed by atoms with E-state index in [2.05, 4.69) is 17.2 Å². The van der Waals surface area contributed by atoms with Gasteiger partial charge in [0.2, 0.25) is 5.91 Å². The Kier molecular flexibility index (Phi) is 2.93. The number of benzene rings is 1. The summed E-state index contributed by atoms with van der Waals surface area (Å²) in [6.45, 7) is 1.82. The lowest BCUT2D eigenvalue weighted by Gasteiger charge is -1.90. The van der Waals surface area contributed by atoms with Gasteiger partial charge >= 0.3 is 0 Å². The van der Waals surface area contributed by atoms with Crippen LogP contribution in [0.1, 0.15) is 12.5 Å². The van der Waals surface area contributed by atoms with Crippen molar-refractivity contribution in [3.8, 4) is 11.8 Å². The van der Waals surface area contributed by atoms with Gasteiger partial charge < -0.3 is 9.73 Å². The van der Waals surface area contributed by atoms with Gasteiger partial charge in [-0.2, -0.15) is 0 Å². The van der Waals surface area contributed by atoms with Crippen LogP contribution in [-0.4, -0.2) is 12.5 Å². The first-order valence-corrected chi connectivity index (χ1v) is 4.97. The minimum absolute atomic E-state index is 0.0775. The molecule has 0 saturated heterocycles. The lowest BCUT2D eigenvalue weighted by molar-refractivity contribution is -0.118. The first-order valence-electron chi connectivity index (χ1n) is 4.97. The molecule has 2 aromatic rings. The number of fused-ring (bicyclic) bond motifs is 1. The molecule has 0 fully saturated rings. The highest BCUT2D eigenvalue weighted by molar-refractivity contribution is 5.83. The van der Waals surface area contributed by atoms with Crippen LogP contribution in [0.3, 0.4) is 0 Å². The highest BCUT2D eigenvalue weighted by Gasteiger charge is 2.00. The summed E-state index contributed by atoms with van der Waals surface area (Å²) in [5.41, 5.74) is 1.67. The summed E-state index contributed by atoms with van der Waals surface area (Å²) < 4.78 is 5.34. The lowest BCUT2D eigenvalue weighted by atomic mass is 10.2. The number of carbonyl (C=O) groups excluding carboxylic acids is 1. The molecule has 1 aromatic carbocycles. The number of furan rings is 1. The maximum atomic E-state index is 10.6. The first kappa shape index (κ1) is 10.3. The Morgan fingerprint density at radius 3 is 3.06 bits per heavy atom. The first-order chi connectivity index (χ1) is 7.77. The van der Waals surface area contributed by atoms with Gasteiger partial charge in [0.25, 0.3) is 0 Å². The standard InChI is InChI=1S/C13H11NO2/c1-10(15)14-8-4-5-11-9-16-13-7-3-2-6-12(11)13/h2-3,6-7,9H,8H2,1H3,(H,14,15). The fourth-order valence-corrected chi connectivity index (χ4v) is 1.38. The SMILES string of the molecule is CC(=O)NCC#Cc1coc2ccccc12. The predicted octanol–water partition coefficient (Wildman–Crippen LogP) is 1.92. The molecule has 0 aliphatic carbocycles. The van der Waals surface area contributed by atoms with Gasteiger partial charge in [-0.25, -0.2) is 0 Å². The molecular weight excluding hydrogens is 202 g/mol. The molecular formula is C13H11NO2. The molecule has 3 heteroatoms. The quantitative estimate of drug-likeness (QED) is 0.735. The number of amides is 1. The van der Waals surface area contributed by atoms with E-state index < -0.39 is 0 Å². The van der Waals surface area contributed by atoms with Gasteiger partial charge in [0.1, 0.15) is 11.8 Å². The van der Waals surface area contributed by atoms with Crippen LogP contribution in [0.5, 0.6) is 0 Å². The topological polar surface area (TPSA) is 42.2 Å². The molecule has 0 atom stereocenters. The van der Waals surface area contributed by atoms with Gasteiger partial charge in [0.05, 0.1) is 12.1 Å². The van der Waals surface area contributed by atoms with E-state index in [1.165, 1.54) is 6.92 Å². The molecule has 80 valence electrons. The smallest absolute Gasteiger partial charge is 0.217 e. The Balaban J connectivity index is 2.18. The van der Waals surface area contributed by atoms with Crippen molar-refractivity contribution in [1.82, 2.24) is 5.32 Å². The van der Waals surface area contributed by atoms with Crippen molar-refractivity contribution in [2.75, 3.05) is 6.54 Å². The van der Waals surface area contributed by atoms with Crippen molar-refractivity contribution >= 4 is 16.9 Å². The summed E-state index contributed by atoms with van der Waals surface area (Å²) in [6.07, 6.45) is 1.63. The van der Waals surface area contributed by atoms with Crippen molar-refractivity contribution in [3.05, 3.63) is 36.1 Å². The molecule has 0 aliphatic heterocycles. The normalized spacial score (nSPS) is 9.56. The van der Waals surface area contributed by atoms with Crippen LogP contribution in [-0.2, 0) is 4.79 Å². The van der Waals surface area contributed by atoms with E-state index in [4.69, 9.17) is 4.42 Å². The monoisotopic (exact) mass is 213 g/mol. The van der Waals surface area contributed by atoms with Gasteiger partial charge in [-0.05, 0) is 12.1 Å². The molecule has 0 saturated carbocycles. The van der Waals surface area contributed by atoms with Crippen LogP contribution in [0.2, 0.25) is 0 Å². The molecule has 1 amide bonds. The van der Waals surface area contributed by atoms with Crippen LogP contribution in [0.25, 0.3) is 11.0 Å². The Labute approximate surface area is 93.4 Å². The molecule has 0 radical (unpaired) electrons. The molecule has 0 unspecified atom stereocenters. The second-order valence-corrected chi connectivity index (χ2v) is 3.36. The van der Waals surface area contributed by atoms with Crippen LogP contribution in [0.4, 0.5) is 0 Å². The molecule has 0 aliphatic rings. The van der Waals surface area contributed by atoms with Gasteiger partial charge in [0.15, 0.2) is 0 Å². The number of rotatable bonds is 1. The third-order valence-electron chi connectivity index (χ3n) is 2.13. The number of carbonyl (C=O) groups is 1. The van der Waals surface area contributed by atoms with Crippen molar-refractivity contribution in [3.63, 3.8) is 0 Å². The van der Waals surface area contributed by atoms with E-state index in [0.29, 0.717) is 6.54 Å². The van der Waals surface area contributed by atoms with Gasteiger partial charge in [0, 0.05) is 12.3 Å². The van der Waals surface area contributed by atoms with Gasteiger partial charge in [-0.15, -0.1) is 0 Å². The third kappa shape index (κ3) is 2.23. The highest BCUT2D eigenvalue weighted by Crippen LogP contribution is 2.19. The van der Waals surface area contributed by atoms with E-state index in [1.807, 2.05) is 24.3 Å². The fourth-order valence-electron chi connectivity index (χ4n) is 1.38. The Morgan fingerprint density at radius 1 is 1.44 bits per heavy atom. The second kappa shape index (κ2) is 4.54. The molecule has 1 heterocycles. The van der Waals surface area contributed by atoms with Crippen LogP contribution in [0, 0.1) is 11.8 Å². The number of nitrogens with one attached hydrogen (secondary N) is 1. The van der Waals surface area contributed by atoms with E-state index in [1.54, 1.807) is 6.26 Å². The Morgan fingerprint density at radius 2 is 2.25 bits per heavy atom. The predicted molar refractivity (Wildman–Crippen MR) is 61.8 cm³/mol. The Bertz CT molecular complexity index is 572. The largest absolute Gasteiger partial charge is 0.463 e. The molecule has 0 bridgehead atoms. The van der Waals surface area contributed by atoms with Crippen molar-refractivity contribution in [2.24, 2.45) is 0 Å². The molecule has 1 N–H and O–H groups in total. The number of hydrogen-bond donors (Lipinski definition) is 1. The average Bonchev–Trinajstić information content (AvgIpc) is 2.68. The highest BCUT2D eigenvalue weighted by atomic mass is 16.3. The van der Waals surface area contributed by atoms with E-state index in [9.17, 15) is 4.79 Å². The zero-order chi connectivity index (χ0) is 11.4. The molecule has 2 rings (SSSR count). The Hall–Kier alpha value is -2.21. The van der Waals surface area contributed by atoms with Crippen LogP contribution < -0.4 is 5.32 Å². The summed E-state index contributed by atoms with van der Waals surface area (Å²) in [4.78, 5) is 10.6. The van der Waals surface area contributed by atoms with E-state index >= 15 is 0 Å². The maximum absolute atomic E-state index is 10.6. The molecule has 16 heavy (non-hydrogen) atoms. The average molecular weight is 213 g/mol. The van der Waals surface area contributed by atoms with Crippen LogP contribution >= 0.6 is 0 Å². The lowest BCUT2D eigenvalue weighted by Crippen LogP contribution is -2.19. The summed E-state index contributed by atoms with van der Waals surface area (Å²) in [5.74, 6) is 5.76. The van der Waals surface area contributed by atoms with E-state index in [-0.39, 0.29) is 5.91 Å². The summed E-state index contributed by atoms with van der Waals surface area (Å²) in [7, 11) is 0. The molecule has 3 nitrogen and oxygen atoms in total. The zero-order valence-electron chi connectivity index (χ0n) is 8.91. The third-order valence-corrected chi connectivity index (χ3v) is 2.13. The summed E-state index contributed by atoms with van der Waals surface area (Å²) >= 11 is 0. The maximum Gasteiger partial charge on any atom is 0.217 e.